The van der Waals surface area contributed by atoms with E-state index in [1.807, 2.05) is 6.07 Å². The van der Waals surface area contributed by atoms with E-state index < -0.39 is 15.7 Å². The number of nitrogens with zero attached hydrogens (tertiary/aromatic N) is 1. The van der Waals surface area contributed by atoms with Crippen LogP contribution in [0.5, 0.6) is 0 Å². The van der Waals surface area contributed by atoms with Crippen molar-refractivity contribution in [3.8, 4) is 6.07 Å². The Morgan fingerprint density at radius 2 is 2.18 bits per heavy atom. The second-order valence-electron chi connectivity index (χ2n) is 3.46. The molecule has 0 fully saturated rings. The number of nitrogens with one attached hydrogen (secondary N) is 1. The van der Waals surface area contributed by atoms with Crippen LogP contribution in [0.1, 0.15) is 5.56 Å². The Morgan fingerprint density at radius 3 is 2.71 bits per heavy atom. The van der Waals surface area contributed by atoms with Gasteiger partial charge in [0.15, 0.2) is 5.82 Å². The van der Waals surface area contributed by atoms with Crippen LogP contribution in [0, 0.1) is 17.1 Å². The van der Waals surface area contributed by atoms with Crippen molar-refractivity contribution in [1.82, 2.24) is 0 Å². The average Bonchev–Trinajstić information content (AvgIpc) is 2.23. The minimum absolute atomic E-state index is 0.0735. The van der Waals surface area contributed by atoms with E-state index in [0.29, 0.717) is 0 Å². The van der Waals surface area contributed by atoms with Gasteiger partial charge in [-0.25, -0.2) is 12.8 Å². The molecule has 1 aromatic rings. The highest BCUT2D eigenvalue weighted by Crippen LogP contribution is 2.26. The summed E-state index contributed by atoms with van der Waals surface area (Å²) in [7, 11) is -3.08. The average molecular weight is 321 g/mol. The van der Waals surface area contributed by atoms with Crippen LogP contribution in [0.3, 0.4) is 0 Å². The molecule has 0 aliphatic heterocycles. The summed E-state index contributed by atoms with van der Waals surface area (Å²) in [5.74, 6) is -0.679. The molecule has 1 aromatic carbocycles. The Balaban J connectivity index is 2.81. The molecule has 7 heteroatoms. The fourth-order valence-corrected chi connectivity index (χ4v) is 2.05. The number of nitriles is 1. The van der Waals surface area contributed by atoms with E-state index in [2.05, 4.69) is 21.2 Å². The van der Waals surface area contributed by atoms with E-state index in [1.54, 1.807) is 0 Å². The molecule has 17 heavy (non-hydrogen) atoms. The van der Waals surface area contributed by atoms with E-state index in [-0.39, 0.29) is 28.0 Å². The van der Waals surface area contributed by atoms with Crippen LogP contribution in [0.2, 0.25) is 0 Å². The van der Waals surface area contributed by atoms with Gasteiger partial charge in [0, 0.05) is 12.8 Å². The zero-order valence-electron chi connectivity index (χ0n) is 9.00. The molecule has 0 radical (unpaired) electrons. The summed E-state index contributed by atoms with van der Waals surface area (Å²) in [6.45, 7) is 0.119. The van der Waals surface area contributed by atoms with E-state index in [4.69, 9.17) is 5.26 Å². The normalized spacial score (nSPS) is 10.9. The van der Waals surface area contributed by atoms with Crippen LogP contribution in [0.4, 0.5) is 10.1 Å². The molecule has 0 unspecified atom stereocenters. The lowest BCUT2D eigenvalue weighted by Crippen LogP contribution is -2.14. The molecule has 0 aromatic heterocycles. The first kappa shape index (κ1) is 13.9. The molecule has 4 nitrogen and oxygen atoms in total. The minimum Gasteiger partial charge on any atom is -0.382 e. The summed E-state index contributed by atoms with van der Waals surface area (Å²) in [5, 5.41) is 11.3. The third kappa shape index (κ3) is 3.98. The van der Waals surface area contributed by atoms with Gasteiger partial charge < -0.3 is 5.32 Å². The van der Waals surface area contributed by atoms with Gasteiger partial charge in [0.1, 0.15) is 15.9 Å². The number of hydrogen-bond donors (Lipinski definition) is 1. The van der Waals surface area contributed by atoms with Gasteiger partial charge in [-0.2, -0.15) is 5.26 Å². The van der Waals surface area contributed by atoms with Crippen LogP contribution >= 0.6 is 15.9 Å². The summed E-state index contributed by atoms with van der Waals surface area (Å²) in [6.07, 6.45) is 1.11. The zero-order chi connectivity index (χ0) is 13.1. The van der Waals surface area contributed by atoms with E-state index in [1.165, 1.54) is 12.1 Å². The van der Waals surface area contributed by atoms with Gasteiger partial charge in [0.2, 0.25) is 0 Å². The number of sulfone groups is 1. The van der Waals surface area contributed by atoms with Gasteiger partial charge in [0.25, 0.3) is 0 Å². The lowest BCUT2D eigenvalue weighted by molar-refractivity contribution is 0.601. The molecular weight excluding hydrogens is 311 g/mol. The summed E-state index contributed by atoms with van der Waals surface area (Å²) in [5.41, 5.74) is 0.357. The Morgan fingerprint density at radius 1 is 1.53 bits per heavy atom. The first-order chi connectivity index (χ1) is 7.85. The lowest BCUT2D eigenvalue weighted by Gasteiger charge is -2.08. The van der Waals surface area contributed by atoms with Crippen LogP contribution in [-0.2, 0) is 9.84 Å². The fourth-order valence-electron chi connectivity index (χ4n) is 1.14. The third-order valence-corrected chi connectivity index (χ3v) is 3.71. The molecule has 0 heterocycles. The molecular formula is C10H10BrFN2O2S. The molecule has 1 rings (SSSR count). The highest BCUT2D eigenvalue weighted by Gasteiger charge is 2.11. The molecule has 0 aliphatic rings. The Hall–Kier alpha value is -1.13. The van der Waals surface area contributed by atoms with Crippen molar-refractivity contribution in [2.45, 2.75) is 0 Å². The third-order valence-electron chi connectivity index (χ3n) is 1.99. The molecule has 0 bridgehead atoms. The van der Waals surface area contributed by atoms with Crippen molar-refractivity contribution in [3.63, 3.8) is 0 Å². The van der Waals surface area contributed by atoms with Crippen molar-refractivity contribution in [3.05, 3.63) is 28.0 Å². The van der Waals surface area contributed by atoms with Crippen LogP contribution in [-0.4, -0.2) is 27.0 Å². The van der Waals surface area contributed by atoms with Crippen molar-refractivity contribution >= 4 is 31.5 Å². The number of halogens is 2. The van der Waals surface area contributed by atoms with Crippen molar-refractivity contribution in [2.24, 2.45) is 0 Å². The zero-order valence-corrected chi connectivity index (χ0v) is 11.4. The topological polar surface area (TPSA) is 70.0 Å². The number of hydrogen-bond acceptors (Lipinski definition) is 4. The summed E-state index contributed by atoms with van der Waals surface area (Å²) >= 11 is 2.97. The van der Waals surface area contributed by atoms with E-state index in [0.717, 1.165) is 6.26 Å². The highest BCUT2D eigenvalue weighted by molar-refractivity contribution is 9.10. The summed E-state index contributed by atoms with van der Waals surface area (Å²) < 4.78 is 35.5. The smallest absolute Gasteiger partial charge is 0.161 e. The van der Waals surface area contributed by atoms with Crippen LogP contribution in [0.15, 0.2) is 16.6 Å². The first-order valence-electron chi connectivity index (χ1n) is 4.65. The van der Waals surface area contributed by atoms with E-state index >= 15 is 0 Å². The van der Waals surface area contributed by atoms with E-state index in [9.17, 15) is 12.8 Å². The van der Waals surface area contributed by atoms with Crippen molar-refractivity contribution in [2.75, 3.05) is 23.9 Å². The lowest BCUT2D eigenvalue weighted by atomic mass is 10.2. The summed E-state index contributed by atoms with van der Waals surface area (Å²) in [4.78, 5) is 0. The second kappa shape index (κ2) is 5.47. The predicted octanol–water partition coefficient (Wildman–Crippen LogP) is 1.92. The quantitative estimate of drug-likeness (QED) is 0.920. The largest absolute Gasteiger partial charge is 0.382 e. The number of anilines is 1. The SMILES string of the molecule is CS(=O)(=O)CCNc1ccc(C#N)c(Br)c1F. The van der Waals surface area contributed by atoms with Gasteiger partial charge in [-0.1, -0.05) is 0 Å². The maximum absolute atomic E-state index is 13.7. The Labute approximate surface area is 107 Å². The summed E-state index contributed by atoms with van der Waals surface area (Å²) in [6, 6.07) is 4.69. The van der Waals surface area contributed by atoms with Gasteiger partial charge in [0.05, 0.1) is 21.5 Å². The predicted molar refractivity (Wildman–Crippen MR) is 67.0 cm³/mol. The Bertz CT molecular complexity index is 566. The number of rotatable bonds is 4. The van der Waals surface area contributed by atoms with Crippen LogP contribution in [0.25, 0.3) is 0 Å². The monoisotopic (exact) mass is 320 g/mol. The molecule has 0 atom stereocenters. The van der Waals surface area contributed by atoms with Crippen molar-refractivity contribution < 1.29 is 12.8 Å². The van der Waals surface area contributed by atoms with Gasteiger partial charge in [-0.15, -0.1) is 0 Å². The minimum atomic E-state index is -3.08. The number of benzene rings is 1. The van der Waals surface area contributed by atoms with Crippen LogP contribution < -0.4 is 5.32 Å². The maximum atomic E-state index is 13.7. The standard InChI is InChI=1S/C10H10BrFN2O2S/c1-17(15,16)5-4-14-8-3-2-7(6-13)9(11)10(8)12/h2-3,14H,4-5H2,1H3. The molecule has 1 N–H and O–H groups in total. The molecule has 0 saturated carbocycles. The highest BCUT2D eigenvalue weighted by atomic mass is 79.9. The first-order valence-corrected chi connectivity index (χ1v) is 7.50. The fraction of sp³-hybridized carbons (Fsp3) is 0.300. The Kier molecular flexibility index (Phi) is 4.48. The van der Waals surface area contributed by atoms with Gasteiger partial charge >= 0.3 is 0 Å². The second-order valence-corrected chi connectivity index (χ2v) is 6.51. The molecule has 92 valence electrons. The maximum Gasteiger partial charge on any atom is 0.161 e. The molecule has 0 spiro atoms. The molecule has 0 saturated heterocycles. The molecule has 0 amide bonds. The van der Waals surface area contributed by atoms with Gasteiger partial charge in [-0.05, 0) is 28.1 Å². The van der Waals surface area contributed by atoms with Crippen molar-refractivity contribution in [1.29, 1.82) is 5.26 Å². The van der Waals surface area contributed by atoms with Gasteiger partial charge in [-0.3, -0.25) is 0 Å². The molecule has 0 aliphatic carbocycles.